The highest BCUT2D eigenvalue weighted by Crippen LogP contribution is 2.37. The van der Waals surface area contributed by atoms with Gasteiger partial charge in [0.2, 0.25) is 0 Å². The van der Waals surface area contributed by atoms with Crippen LogP contribution in [-0.2, 0) is 20.7 Å². The zero-order valence-corrected chi connectivity index (χ0v) is 14.4. The monoisotopic (exact) mass is 339 g/mol. The SMILES string of the molecule is CCOC(=O)C(=O)N1CCc2ccc(OC)cc2C1c1ccccc1. The van der Waals surface area contributed by atoms with E-state index >= 15 is 0 Å². The molecule has 130 valence electrons. The van der Waals surface area contributed by atoms with Crippen molar-refractivity contribution >= 4 is 11.9 Å². The molecule has 0 aliphatic carbocycles. The van der Waals surface area contributed by atoms with Crippen molar-refractivity contribution < 1.29 is 19.1 Å². The van der Waals surface area contributed by atoms with Gasteiger partial charge in [0.25, 0.3) is 0 Å². The first-order chi connectivity index (χ1) is 12.2. The third-order valence-corrected chi connectivity index (χ3v) is 4.41. The van der Waals surface area contributed by atoms with Gasteiger partial charge in [0.1, 0.15) is 5.75 Å². The van der Waals surface area contributed by atoms with Crippen molar-refractivity contribution in [1.29, 1.82) is 0 Å². The van der Waals surface area contributed by atoms with Crippen LogP contribution in [0.5, 0.6) is 5.75 Å². The zero-order valence-electron chi connectivity index (χ0n) is 14.4. The Morgan fingerprint density at radius 2 is 1.92 bits per heavy atom. The minimum Gasteiger partial charge on any atom is -0.497 e. The van der Waals surface area contributed by atoms with Crippen molar-refractivity contribution in [3.05, 3.63) is 65.2 Å². The number of ether oxygens (including phenoxy) is 2. The molecule has 1 atom stereocenters. The molecular weight excluding hydrogens is 318 g/mol. The number of carbonyl (C=O) groups excluding carboxylic acids is 2. The molecule has 1 aliphatic heterocycles. The van der Waals surface area contributed by atoms with Crippen LogP contribution in [0.3, 0.4) is 0 Å². The third kappa shape index (κ3) is 3.36. The Bertz CT molecular complexity index is 773. The highest BCUT2D eigenvalue weighted by Gasteiger charge is 2.35. The van der Waals surface area contributed by atoms with E-state index in [1.807, 2.05) is 48.5 Å². The van der Waals surface area contributed by atoms with Gasteiger partial charge in [-0.25, -0.2) is 4.79 Å². The van der Waals surface area contributed by atoms with Gasteiger partial charge in [-0.15, -0.1) is 0 Å². The molecule has 0 saturated carbocycles. The molecule has 5 heteroatoms. The minimum atomic E-state index is -0.810. The van der Waals surface area contributed by atoms with Gasteiger partial charge in [-0.3, -0.25) is 4.79 Å². The lowest BCUT2D eigenvalue weighted by atomic mass is 9.88. The fourth-order valence-corrected chi connectivity index (χ4v) is 3.24. The van der Waals surface area contributed by atoms with E-state index in [-0.39, 0.29) is 12.6 Å². The predicted octanol–water partition coefficient (Wildman–Crippen LogP) is 2.73. The maximum absolute atomic E-state index is 12.7. The van der Waals surface area contributed by atoms with Crippen molar-refractivity contribution in [1.82, 2.24) is 4.90 Å². The summed E-state index contributed by atoms with van der Waals surface area (Å²) >= 11 is 0. The quantitative estimate of drug-likeness (QED) is 0.637. The van der Waals surface area contributed by atoms with E-state index in [0.717, 1.165) is 22.4 Å². The van der Waals surface area contributed by atoms with Crippen molar-refractivity contribution in [2.45, 2.75) is 19.4 Å². The first-order valence-electron chi connectivity index (χ1n) is 8.35. The average Bonchev–Trinajstić information content (AvgIpc) is 2.66. The van der Waals surface area contributed by atoms with Gasteiger partial charge < -0.3 is 14.4 Å². The van der Waals surface area contributed by atoms with Crippen LogP contribution < -0.4 is 4.74 Å². The summed E-state index contributed by atoms with van der Waals surface area (Å²) in [6.07, 6.45) is 0.688. The molecule has 2 aromatic carbocycles. The molecule has 0 saturated heterocycles. The Hall–Kier alpha value is -2.82. The second-order valence-corrected chi connectivity index (χ2v) is 5.85. The maximum Gasteiger partial charge on any atom is 0.397 e. The van der Waals surface area contributed by atoms with E-state index in [1.54, 1.807) is 18.9 Å². The number of esters is 1. The number of hydrogen-bond acceptors (Lipinski definition) is 4. The Morgan fingerprint density at radius 1 is 1.16 bits per heavy atom. The molecule has 1 unspecified atom stereocenters. The molecule has 1 amide bonds. The van der Waals surface area contributed by atoms with Crippen LogP contribution in [0.15, 0.2) is 48.5 Å². The molecule has 0 aromatic heterocycles. The number of methoxy groups -OCH3 is 1. The lowest BCUT2D eigenvalue weighted by Gasteiger charge is -2.37. The Morgan fingerprint density at radius 3 is 2.60 bits per heavy atom. The van der Waals surface area contributed by atoms with Crippen LogP contribution in [0, 0.1) is 0 Å². The second-order valence-electron chi connectivity index (χ2n) is 5.85. The van der Waals surface area contributed by atoms with Crippen LogP contribution in [0.2, 0.25) is 0 Å². The molecule has 0 spiro atoms. The normalized spacial score (nSPS) is 16.1. The zero-order chi connectivity index (χ0) is 17.8. The molecule has 2 aromatic rings. The fraction of sp³-hybridized carbons (Fsp3) is 0.300. The number of nitrogens with zero attached hydrogens (tertiary/aromatic N) is 1. The summed E-state index contributed by atoms with van der Waals surface area (Å²) in [5, 5.41) is 0. The van der Waals surface area contributed by atoms with Crippen LogP contribution in [0.25, 0.3) is 0 Å². The molecule has 0 fully saturated rings. The van der Waals surface area contributed by atoms with Crippen molar-refractivity contribution in [2.24, 2.45) is 0 Å². The summed E-state index contributed by atoms with van der Waals surface area (Å²) in [6, 6.07) is 15.3. The first kappa shape index (κ1) is 17.0. The molecule has 25 heavy (non-hydrogen) atoms. The summed E-state index contributed by atoms with van der Waals surface area (Å²) in [6.45, 7) is 2.34. The Labute approximate surface area is 147 Å². The average molecular weight is 339 g/mol. The summed E-state index contributed by atoms with van der Waals surface area (Å²) in [5.41, 5.74) is 3.09. The highest BCUT2D eigenvalue weighted by atomic mass is 16.5. The van der Waals surface area contributed by atoms with E-state index in [2.05, 4.69) is 0 Å². The molecule has 5 nitrogen and oxygen atoms in total. The van der Waals surface area contributed by atoms with Crippen LogP contribution >= 0.6 is 0 Å². The van der Waals surface area contributed by atoms with E-state index in [9.17, 15) is 9.59 Å². The summed E-state index contributed by atoms with van der Waals surface area (Å²) < 4.78 is 10.3. The van der Waals surface area contributed by atoms with E-state index in [0.29, 0.717) is 13.0 Å². The van der Waals surface area contributed by atoms with Gasteiger partial charge in [0, 0.05) is 6.54 Å². The largest absolute Gasteiger partial charge is 0.497 e. The molecule has 3 rings (SSSR count). The standard InChI is InChI=1S/C20H21NO4/c1-3-25-20(23)19(22)21-12-11-14-9-10-16(24-2)13-17(14)18(21)15-7-5-4-6-8-15/h4-10,13,18H,3,11-12H2,1-2H3. The van der Waals surface area contributed by atoms with Crippen molar-refractivity contribution in [2.75, 3.05) is 20.3 Å². The molecular formula is C20H21NO4. The lowest BCUT2D eigenvalue weighted by Crippen LogP contribution is -2.44. The summed E-state index contributed by atoms with van der Waals surface area (Å²) in [7, 11) is 1.61. The van der Waals surface area contributed by atoms with E-state index < -0.39 is 11.9 Å². The Balaban J connectivity index is 2.07. The smallest absolute Gasteiger partial charge is 0.397 e. The topological polar surface area (TPSA) is 55.8 Å². The summed E-state index contributed by atoms with van der Waals surface area (Å²) in [4.78, 5) is 26.3. The van der Waals surface area contributed by atoms with Crippen LogP contribution in [0.1, 0.15) is 29.7 Å². The van der Waals surface area contributed by atoms with Gasteiger partial charge in [0.05, 0.1) is 19.8 Å². The molecule has 0 bridgehead atoms. The third-order valence-electron chi connectivity index (χ3n) is 4.41. The molecule has 1 heterocycles. The molecule has 0 radical (unpaired) electrons. The molecule has 1 aliphatic rings. The van der Waals surface area contributed by atoms with Gasteiger partial charge in [-0.1, -0.05) is 36.4 Å². The van der Waals surface area contributed by atoms with Crippen molar-refractivity contribution in [3.63, 3.8) is 0 Å². The lowest BCUT2D eigenvalue weighted by molar-refractivity contribution is -0.161. The number of carbonyl (C=O) groups is 2. The molecule has 0 N–H and O–H groups in total. The summed E-state index contributed by atoms with van der Waals surface area (Å²) in [5.74, 6) is -0.691. The van der Waals surface area contributed by atoms with Crippen LogP contribution in [0.4, 0.5) is 0 Å². The number of fused-ring (bicyclic) bond motifs is 1. The minimum absolute atomic E-state index is 0.179. The van der Waals surface area contributed by atoms with Gasteiger partial charge in [-0.2, -0.15) is 0 Å². The maximum atomic E-state index is 12.7. The van der Waals surface area contributed by atoms with Crippen molar-refractivity contribution in [3.8, 4) is 5.75 Å². The fourth-order valence-electron chi connectivity index (χ4n) is 3.24. The van der Waals surface area contributed by atoms with Gasteiger partial charge >= 0.3 is 11.9 Å². The number of hydrogen-bond donors (Lipinski definition) is 0. The number of benzene rings is 2. The van der Waals surface area contributed by atoms with Crippen LogP contribution in [-0.4, -0.2) is 37.0 Å². The Kier molecular flexibility index (Phi) is 5.03. The van der Waals surface area contributed by atoms with Gasteiger partial charge in [-0.05, 0) is 42.2 Å². The highest BCUT2D eigenvalue weighted by molar-refractivity contribution is 6.32. The van der Waals surface area contributed by atoms with E-state index in [1.165, 1.54) is 0 Å². The van der Waals surface area contributed by atoms with E-state index in [4.69, 9.17) is 9.47 Å². The first-order valence-corrected chi connectivity index (χ1v) is 8.35. The predicted molar refractivity (Wildman–Crippen MR) is 93.3 cm³/mol. The number of rotatable bonds is 3. The second kappa shape index (κ2) is 7.38. The number of amides is 1. The van der Waals surface area contributed by atoms with Gasteiger partial charge in [0.15, 0.2) is 0 Å².